The van der Waals surface area contributed by atoms with Crippen LogP contribution in [0.3, 0.4) is 0 Å². The van der Waals surface area contributed by atoms with E-state index in [2.05, 4.69) is 15.4 Å². The molecule has 3 N–H and O–H groups in total. The van der Waals surface area contributed by atoms with E-state index in [4.69, 9.17) is 10.6 Å². The van der Waals surface area contributed by atoms with Crippen LogP contribution in [0.15, 0.2) is 18.2 Å². The van der Waals surface area contributed by atoms with Gasteiger partial charge in [0.1, 0.15) is 17.4 Å². The van der Waals surface area contributed by atoms with Gasteiger partial charge in [0.25, 0.3) is 0 Å². The molecule has 1 aromatic carbocycles. The minimum atomic E-state index is -0.988. The summed E-state index contributed by atoms with van der Waals surface area (Å²) in [4.78, 5) is 17.9. The Balaban J connectivity index is 2.37. The molecule has 2 rings (SSSR count). The van der Waals surface area contributed by atoms with Crippen molar-refractivity contribution in [3.05, 3.63) is 45.5 Å². The van der Waals surface area contributed by atoms with Crippen molar-refractivity contribution in [3.8, 4) is 11.6 Å². The highest BCUT2D eigenvalue weighted by atomic mass is 19.1. The number of ether oxygens (including phenoxy) is 1. The van der Waals surface area contributed by atoms with E-state index in [-0.39, 0.29) is 11.6 Å². The van der Waals surface area contributed by atoms with Gasteiger partial charge in [0.15, 0.2) is 0 Å². The lowest BCUT2D eigenvalue weighted by Crippen LogP contribution is -2.12. The maximum atomic E-state index is 13.5. The first kappa shape index (κ1) is 14.6. The standard InChI is InChI=1S/C12H12FN5O3/c1-6-11(17-14)15-7(2)16-12(6)21-8-3-4-10(18(19)20)9(13)5-8/h3-5H,14H2,1-2H3,(H,15,16,17). The number of halogens is 1. The Morgan fingerprint density at radius 3 is 2.67 bits per heavy atom. The van der Waals surface area contributed by atoms with Gasteiger partial charge in [-0.3, -0.25) is 10.1 Å². The lowest BCUT2D eigenvalue weighted by molar-refractivity contribution is -0.387. The highest BCUT2D eigenvalue weighted by Gasteiger charge is 2.16. The number of anilines is 1. The van der Waals surface area contributed by atoms with Crippen LogP contribution in [-0.4, -0.2) is 14.9 Å². The summed E-state index contributed by atoms with van der Waals surface area (Å²) >= 11 is 0. The van der Waals surface area contributed by atoms with Crippen LogP contribution in [0.5, 0.6) is 11.6 Å². The zero-order valence-corrected chi connectivity index (χ0v) is 11.3. The number of nitrogens with one attached hydrogen (secondary N) is 1. The first-order chi connectivity index (χ1) is 9.92. The number of hydrazine groups is 1. The zero-order valence-electron chi connectivity index (χ0n) is 11.3. The van der Waals surface area contributed by atoms with Gasteiger partial charge >= 0.3 is 5.69 Å². The van der Waals surface area contributed by atoms with Gasteiger partial charge in [0.2, 0.25) is 11.7 Å². The van der Waals surface area contributed by atoms with Crippen molar-refractivity contribution < 1.29 is 14.1 Å². The molecule has 1 aromatic heterocycles. The van der Waals surface area contributed by atoms with Gasteiger partial charge in [0.05, 0.1) is 10.5 Å². The largest absolute Gasteiger partial charge is 0.438 e. The number of aryl methyl sites for hydroxylation is 1. The number of hydrogen-bond acceptors (Lipinski definition) is 7. The van der Waals surface area contributed by atoms with E-state index >= 15 is 0 Å². The molecule has 9 heteroatoms. The predicted molar refractivity (Wildman–Crippen MR) is 72.4 cm³/mol. The van der Waals surface area contributed by atoms with E-state index in [0.29, 0.717) is 17.2 Å². The third kappa shape index (κ3) is 3.03. The Kier molecular flexibility index (Phi) is 3.94. The Bertz CT molecular complexity index is 708. The summed E-state index contributed by atoms with van der Waals surface area (Å²) in [5, 5.41) is 10.6. The molecule has 0 radical (unpaired) electrons. The van der Waals surface area contributed by atoms with E-state index in [1.807, 2.05) is 0 Å². The number of benzene rings is 1. The third-order valence-electron chi connectivity index (χ3n) is 2.68. The molecular weight excluding hydrogens is 281 g/mol. The van der Waals surface area contributed by atoms with Crippen molar-refractivity contribution in [1.82, 2.24) is 9.97 Å². The van der Waals surface area contributed by atoms with Crippen LogP contribution in [0.2, 0.25) is 0 Å². The highest BCUT2D eigenvalue weighted by molar-refractivity contribution is 5.49. The summed E-state index contributed by atoms with van der Waals surface area (Å²) in [5.74, 6) is 5.39. The summed E-state index contributed by atoms with van der Waals surface area (Å²) in [6.45, 7) is 3.31. The average Bonchev–Trinajstić information content (AvgIpc) is 2.42. The fraction of sp³-hybridized carbons (Fsp3) is 0.167. The topological polar surface area (TPSA) is 116 Å². The number of rotatable bonds is 4. The Labute approximate surface area is 118 Å². The van der Waals surface area contributed by atoms with Gasteiger partial charge in [-0.1, -0.05) is 0 Å². The molecule has 2 aromatic rings. The second-order valence-electron chi connectivity index (χ2n) is 4.17. The molecule has 0 aliphatic carbocycles. The van der Waals surface area contributed by atoms with Crippen LogP contribution in [-0.2, 0) is 0 Å². The van der Waals surface area contributed by atoms with Crippen molar-refractivity contribution >= 4 is 11.5 Å². The molecule has 110 valence electrons. The Morgan fingerprint density at radius 2 is 2.10 bits per heavy atom. The highest BCUT2D eigenvalue weighted by Crippen LogP contribution is 2.29. The minimum absolute atomic E-state index is 0.0854. The molecule has 1 heterocycles. The SMILES string of the molecule is Cc1nc(NN)c(C)c(Oc2ccc([N+](=O)[O-])c(F)c2)n1. The van der Waals surface area contributed by atoms with Gasteiger partial charge in [-0.2, -0.15) is 9.37 Å². The second-order valence-corrected chi connectivity index (χ2v) is 4.17. The first-order valence-electron chi connectivity index (χ1n) is 5.86. The van der Waals surface area contributed by atoms with Crippen LogP contribution in [0.1, 0.15) is 11.4 Å². The lowest BCUT2D eigenvalue weighted by atomic mass is 10.3. The number of nitrogen functional groups attached to an aromatic ring is 1. The maximum Gasteiger partial charge on any atom is 0.305 e. The van der Waals surface area contributed by atoms with Crippen LogP contribution >= 0.6 is 0 Å². The molecule has 0 amide bonds. The molecule has 0 unspecified atom stereocenters. The van der Waals surface area contributed by atoms with Gasteiger partial charge in [-0.05, 0) is 19.9 Å². The number of nitro groups is 1. The number of nitrogens with zero attached hydrogens (tertiary/aromatic N) is 3. The Hall–Kier alpha value is -2.81. The Morgan fingerprint density at radius 1 is 1.38 bits per heavy atom. The summed E-state index contributed by atoms with van der Waals surface area (Å²) in [6, 6.07) is 3.23. The molecule has 0 aliphatic rings. The molecule has 0 saturated carbocycles. The van der Waals surface area contributed by atoms with Crippen molar-refractivity contribution in [2.45, 2.75) is 13.8 Å². The molecular formula is C12H12FN5O3. The molecule has 0 bridgehead atoms. The van der Waals surface area contributed by atoms with Crippen LogP contribution in [0.25, 0.3) is 0 Å². The fourth-order valence-electron chi connectivity index (χ4n) is 1.65. The maximum absolute atomic E-state index is 13.5. The minimum Gasteiger partial charge on any atom is -0.438 e. The van der Waals surface area contributed by atoms with Gasteiger partial charge in [0, 0.05) is 12.1 Å². The second kappa shape index (κ2) is 5.67. The van der Waals surface area contributed by atoms with Crippen LogP contribution < -0.4 is 16.0 Å². The molecule has 21 heavy (non-hydrogen) atoms. The van der Waals surface area contributed by atoms with E-state index in [0.717, 1.165) is 12.1 Å². The first-order valence-corrected chi connectivity index (χ1v) is 5.86. The van der Waals surface area contributed by atoms with Crippen molar-refractivity contribution in [1.29, 1.82) is 0 Å². The number of aromatic nitrogens is 2. The molecule has 8 nitrogen and oxygen atoms in total. The summed E-state index contributed by atoms with van der Waals surface area (Å²) in [7, 11) is 0. The molecule has 0 saturated heterocycles. The molecule has 0 atom stereocenters. The van der Waals surface area contributed by atoms with Gasteiger partial charge in [-0.15, -0.1) is 0 Å². The summed E-state index contributed by atoms with van der Waals surface area (Å²) in [6.07, 6.45) is 0. The van der Waals surface area contributed by atoms with Gasteiger partial charge in [-0.25, -0.2) is 10.8 Å². The van der Waals surface area contributed by atoms with E-state index in [1.165, 1.54) is 6.07 Å². The average molecular weight is 293 g/mol. The van der Waals surface area contributed by atoms with Crippen molar-refractivity contribution in [2.24, 2.45) is 5.84 Å². The van der Waals surface area contributed by atoms with E-state index in [9.17, 15) is 14.5 Å². The fourth-order valence-corrected chi connectivity index (χ4v) is 1.65. The predicted octanol–water partition coefficient (Wildman–Crippen LogP) is 2.22. The third-order valence-corrected chi connectivity index (χ3v) is 2.68. The van der Waals surface area contributed by atoms with E-state index < -0.39 is 16.4 Å². The van der Waals surface area contributed by atoms with Gasteiger partial charge < -0.3 is 10.2 Å². The monoisotopic (exact) mass is 293 g/mol. The van der Waals surface area contributed by atoms with Crippen molar-refractivity contribution in [3.63, 3.8) is 0 Å². The van der Waals surface area contributed by atoms with Crippen LogP contribution in [0.4, 0.5) is 15.9 Å². The number of nitrogens with two attached hydrogens (primary N) is 1. The molecule has 0 spiro atoms. The normalized spacial score (nSPS) is 10.3. The lowest BCUT2D eigenvalue weighted by Gasteiger charge is -2.11. The van der Waals surface area contributed by atoms with Crippen molar-refractivity contribution in [2.75, 3.05) is 5.43 Å². The molecule has 0 fully saturated rings. The number of nitro benzene ring substituents is 1. The smallest absolute Gasteiger partial charge is 0.305 e. The summed E-state index contributed by atoms with van der Waals surface area (Å²) in [5.41, 5.74) is 2.31. The zero-order chi connectivity index (χ0) is 15.6. The quantitative estimate of drug-likeness (QED) is 0.504. The number of hydrogen-bond donors (Lipinski definition) is 2. The summed E-state index contributed by atoms with van der Waals surface area (Å²) < 4.78 is 19.0. The van der Waals surface area contributed by atoms with Crippen LogP contribution in [0, 0.1) is 29.8 Å². The van der Waals surface area contributed by atoms with E-state index in [1.54, 1.807) is 13.8 Å². The molecule has 0 aliphatic heterocycles.